The molecule has 2 atom stereocenters. The number of nitrogens with zero attached hydrogens (tertiary/aromatic N) is 1. The number of amides is 2. The number of fused-ring (bicyclic) bond motifs is 1. The summed E-state index contributed by atoms with van der Waals surface area (Å²) in [7, 11) is 0. The summed E-state index contributed by atoms with van der Waals surface area (Å²) < 4.78 is 17.5. The molecular formula is C31H34N2O6. The third-order valence-corrected chi connectivity index (χ3v) is 7.11. The number of nitrogens with one attached hydrogen (secondary N) is 1. The van der Waals surface area contributed by atoms with E-state index in [1.165, 1.54) is 17.0 Å². The highest BCUT2D eigenvalue weighted by Crippen LogP contribution is 2.35. The van der Waals surface area contributed by atoms with E-state index in [9.17, 15) is 14.7 Å². The number of benzene rings is 3. The average molecular weight is 531 g/mol. The van der Waals surface area contributed by atoms with Crippen LogP contribution in [0.3, 0.4) is 0 Å². The molecule has 8 nitrogen and oxygen atoms in total. The molecule has 1 heterocycles. The standard InChI is InChI=1S/C31H34N2O6/c1-2-37-25-18-14-23(15-19-25)33(31(36)28-20-38-26-10-6-7-11-27(26)39-28)29(21-12-16-24(34)17-13-21)30(35)32-22-8-4-3-5-9-22/h6-7,10-19,22,28-29,34H,2-5,8-9,20H2,1H3,(H,32,35)/t28-,29+/m1/s1. The normalized spacial score (nSPS) is 17.6. The number of para-hydroxylation sites is 2. The van der Waals surface area contributed by atoms with Crippen LogP contribution in [0.1, 0.15) is 50.6 Å². The highest BCUT2D eigenvalue weighted by Gasteiger charge is 2.39. The van der Waals surface area contributed by atoms with Gasteiger partial charge < -0.3 is 24.6 Å². The van der Waals surface area contributed by atoms with Gasteiger partial charge in [-0.3, -0.25) is 14.5 Å². The third-order valence-electron chi connectivity index (χ3n) is 7.11. The quantitative estimate of drug-likeness (QED) is 0.418. The second-order valence-corrected chi connectivity index (χ2v) is 9.84. The first-order chi connectivity index (χ1) is 19.0. The summed E-state index contributed by atoms with van der Waals surface area (Å²) in [4.78, 5) is 29.7. The van der Waals surface area contributed by atoms with Gasteiger partial charge in [-0.25, -0.2) is 0 Å². The minimum absolute atomic E-state index is 0.00984. The molecule has 2 aliphatic rings. The van der Waals surface area contributed by atoms with Gasteiger partial charge in [0.2, 0.25) is 12.0 Å². The highest BCUT2D eigenvalue weighted by atomic mass is 16.6. The topological polar surface area (TPSA) is 97.3 Å². The van der Waals surface area contributed by atoms with E-state index in [-0.39, 0.29) is 24.3 Å². The molecule has 8 heteroatoms. The Morgan fingerprint density at radius 1 is 0.974 bits per heavy atom. The van der Waals surface area contributed by atoms with Gasteiger partial charge in [0.15, 0.2) is 11.5 Å². The van der Waals surface area contributed by atoms with Crippen molar-refractivity contribution < 1.29 is 28.9 Å². The molecule has 0 bridgehead atoms. The zero-order valence-corrected chi connectivity index (χ0v) is 22.0. The predicted molar refractivity (Wildman–Crippen MR) is 147 cm³/mol. The van der Waals surface area contributed by atoms with Crippen molar-refractivity contribution in [2.24, 2.45) is 0 Å². The Balaban J connectivity index is 1.54. The Labute approximate surface area is 228 Å². The van der Waals surface area contributed by atoms with E-state index in [4.69, 9.17) is 14.2 Å². The number of aromatic hydroxyl groups is 1. The molecule has 3 aromatic rings. The molecule has 5 rings (SSSR count). The Hall–Kier alpha value is -4.20. The molecule has 1 aliphatic carbocycles. The van der Waals surface area contributed by atoms with E-state index in [1.807, 2.05) is 19.1 Å². The van der Waals surface area contributed by atoms with Crippen molar-refractivity contribution >= 4 is 17.5 Å². The summed E-state index contributed by atoms with van der Waals surface area (Å²) in [5, 5.41) is 13.1. The number of carbonyl (C=O) groups excluding carboxylic acids is 2. The van der Waals surface area contributed by atoms with Gasteiger partial charge in [0.25, 0.3) is 5.91 Å². The summed E-state index contributed by atoms with van der Waals surface area (Å²) in [5.41, 5.74) is 1.09. The Kier molecular flexibility index (Phi) is 8.20. The van der Waals surface area contributed by atoms with Gasteiger partial charge in [-0.15, -0.1) is 0 Å². The van der Waals surface area contributed by atoms with Crippen LogP contribution in [0.5, 0.6) is 23.0 Å². The number of carbonyl (C=O) groups is 2. The fraction of sp³-hybridized carbons (Fsp3) is 0.355. The Morgan fingerprint density at radius 3 is 2.36 bits per heavy atom. The van der Waals surface area contributed by atoms with Crippen LogP contribution in [-0.2, 0) is 9.59 Å². The number of phenolic OH excluding ortho intramolecular Hbond substituents is 1. The smallest absolute Gasteiger partial charge is 0.272 e. The minimum atomic E-state index is -1.00. The van der Waals surface area contributed by atoms with Crippen molar-refractivity contribution in [3.63, 3.8) is 0 Å². The molecule has 2 N–H and O–H groups in total. The van der Waals surface area contributed by atoms with E-state index in [1.54, 1.807) is 48.5 Å². The van der Waals surface area contributed by atoms with Crippen molar-refractivity contribution in [3.8, 4) is 23.0 Å². The van der Waals surface area contributed by atoms with Crippen LogP contribution < -0.4 is 24.4 Å². The van der Waals surface area contributed by atoms with Gasteiger partial charge in [0.05, 0.1) is 6.61 Å². The van der Waals surface area contributed by atoms with Gasteiger partial charge in [0.1, 0.15) is 24.1 Å². The second kappa shape index (κ2) is 12.1. The van der Waals surface area contributed by atoms with Gasteiger partial charge in [-0.2, -0.15) is 0 Å². The number of hydrogen-bond acceptors (Lipinski definition) is 6. The van der Waals surface area contributed by atoms with Crippen LogP contribution in [0.15, 0.2) is 72.8 Å². The SMILES string of the molecule is CCOc1ccc(N(C(=O)[C@H]2COc3ccccc3O2)[C@H](C(=O)NC2CCCCC2)c2ccc(O)cc2)cc1. The van der Waals surface area contributed by atoms with E-state index in [2.05, 4.69) is 5.32 Å². The lowest BCUT2D eigenvalue weighted by Crippen LogP contribution is -2.52. The lowest BCUT2D eigenvalue weighted by molar-refractivity contribution is -0.132. The van der Waals surface area contributed by atoms with Crippen LogP contribution in [0.2, 0.25) is 0 Å². The molecular weight excluding hydrogens is 496 g/mol. The van der Waals surface area contributed by atoms with Crippen LogP contribution in [-0.4, -0.2) is 42.3 Å². The van der Waals surface area contributed by atoms with Crippen LogP contribution in [0.4, 0.5) is 5.69 Å². The number of rotatable bonds is 8. The molecule has 204 valence electrons. The molecule has 0 spiro atoms. The molecule has 0 unspecified atom stereocenters. The maximum absolute atomic E-state index is 14.3. The van der Waals surface area contributed by atoms with Gasteiger partial charge in [0, 0.05) is 11.7 Å². The summed E-state index contributed by atoms with van der Waals surface area (Å²) in [5.74, 6) is 1.08. The van der Waals surface area contributed by atoms with Gasteiger partial charge >= 0.3 is 0 Å². The average Bonchev–Trinajstić information content (AvgIpc) is 2.97. The molecule has 1 aliphatic heterocycles. The van der Waals surface area contributed by atoms with Crippen molar-refractivity contribution in [2.75, 3.05) is 18.1 Å². The van der Waals surface area contributed by atoms with Crippen molar-refractivity contribution in [1.82, 2.24) is 5.32 Å². The molecule has 0 radical (unpaired) electrons. The number of anilines is 1. The number of phenols is 1. The van der Waals surface area contributed by atoms with Crippen LogP contribution >= 0.6 is 0 Å². The van der Waals surface area contributed by atoms with E-state index in [0.717, 1.165) is 32.1 Å². The molecule has 1 saturated carbocycles. The van der Waals surface area contributed by atoms with Gasteiger partial charge in [-0.05, 0) is 73.9 Å². The van der Waals surface area contributed by atoms with Gasteiger partial charge in [-0.1, -0.05) is 43.5 Å². The second-order valence-electron chi connectivity index (χ2n) is 9.84. The molecule has 3 aromatic carbocycles. The minimum Gasteiger partial charge on any atom is -0.508 e. The van der Waals surface area contributed by atoms with E-state index in [0.29, 0.717) is 35.1 Å². The summed E-state index contributed by atoms with van der Waals surface area (Å²) in [6.45, 7) is 2.42. The Bertz CT molecular complexity index is 1270. The Morgan fingerprint density at radius 2 is 1.67 bits per heavy atom. The molecule has 2 amide bonds. The first kappa shape index (κ1) is 26.4. The maximum atomic E-state index is 14.3. The zero-order chi connectivity index (χ0) is 27.2. The van der Waals surface area contributed by atoms with Crippen molar-refractivity contribution in [2.45, 2.75) is 57.2 Å². The van der Waals surface area contributed by atoms with Crippen molar-refractivity contribution in [1.29, 1.82) is 0 Å². The number of hydrogen-bond donors (Lipinski definition) is 2. The largest absolute Gasteiger partial charge is 0.508 e. The molecule has 39 heavy (non-hydrogen) atoms. The fourth-order valence-corrected chi connectivity index (χ4v) is 5.17. The summed E-state index contributed by atoms with van der Waals surface area (Å²) in [6, 6.07) is 19.7. The van der Waals surface area contributed by atoms with Crippen LogP contribution in [0.25, 0.3) is 0 Å². The van der Waals surface area contributed by atoms with Crippen LogP contribution in [0, 0.1) is 0 Å². The highest BCUT2D eigenvalue weighted by molar-refractivity contribution is 6.03. The monoisotopic (exact) mass is 530 g/mol. The first-order valence-electron chi connectivity index (χ1n) is 13.6. The lowest BCUT2D eigenvalue weighted by atomic mass is 9.94. The number of ether oxygens (including phenoxy) is 3. The third kappa shape index (κ3) is 6.11. The molecule has 0 aromatic heterocycles. The molecule has 1 fully saturated rings. The fourth-order valence-electron chi connectivity index (χ4n) is 5.17. The molecule has 0 saturated heterocycles. The summed E-state index contributed by atoms with van der Waals surface area (Å²) in [6.07, 6.45) is 4.12. The predicted octanol–water partition coefficient (Wildman–Crippen LogP) is 5.15. The lowest BCUT2D eigenvalue weighted by Gasteiger charge is -2.36. The van der Waals surface area contributed by atoms with Crippen molar-refractivity contribution in [3.05, 3.63) is 78.4 Å². The van der Waals surface area contributed by atoms with E-state index >= 15 is 0 Å². The maximum Gasteiger partial charge on any atom is 0.272 e. The zero-order valence-electron chi connectivity index (χ0n) is 22.0. The van der Waals surface area contributed by atoms with E-state index < -0.39 is 18.1 Å². The summed E-state index contributed by atoms with van der Waals surface area (Å²) >= 11 is 0. The first-order valence-corrected chi connectivity index (χ1v) is 13.6.